The Morgan fingerprint density at radius 3 is 2.39 bits per heavy atom. The van der Waals surface area contributed by atoms with Gasteiger partial charge in [0.05, 0.1) is 12.7 Å². The Labute approximate surface area is 106 Å². The summed E-state index contributed by atoms with van der Waals surface area (Å²) < 4.78 is 0. The fourth-order valence-electron chi connectivity index (χ4n) is 1.55. The fourth-order valence-corrected chi connectivity index (χ4v) is 1.55. The molecule has 0 aromatic heterocycles. The summed E-state index contributed by atoms with van der Waals surface area (Å²) in [5, 5.41) is 39.9. The molecule has 1 aromatic carbocycles. The number of anilines is 2. The minimum Gasteiger partial charge on any atom is -0.399 e. The second-order valence-corrected chi connectivity index (χ2v) is 4.32. The fraction of sp³-hybridized carbons (Fsp3) is 0.500. The lowest BCUT2D eigenvalue weighted by atomic mass is 10.1. The van der Waals surface area contributed by atoms with E-state index < -0.39 is 18.5 Å². The average molecular weight is 256 g/mol. The van der Waals surface area contributed by atoms with Crippen molar-refractivity contribution in [1.82, 2.24) is 0 Å². The number of rotatable bonds is 7. The van der Waals surface area contributed by atoms with Crippen molar-refractivity contribution in [2.45, 2.75) is 24.7 Å². The lowest BCUT2D eigenvalue weighted by Crippen LogP contribution is -2.36. The zero-order valence-corrected chi connectivity index (χ0v) is 10.1. The molecule has 1 rings (SSSR count). The molecule has 0 saturated carbocycles. The van der Waals surface area contributed by atoms with Crippen molar-refractivity contribution in [1.29, 1.82) is 0 Å². The van der Waals surface area contributed by atoms with Gasteiger partial charge in [0, 0.05) is 30.8 Å². The monoisotopic (exact) mass is 256 g/mol. The molecule has 0 saturated heterocycles. The predicted octanol–water partition coefficient (Wildman–Crippen LogP) is -0.505. The Morgan fingerprint density at radius 2 is 1.83 bits per heavy atom. The standard InChI is InChI=1S/C12H20N2O4/c13-9-1-3-10(4-2-9)14-6-5-12(17,18)7-11(16)8-15/h1-4,11,14-18H,5-8,13H2. The topological polar surface area (TPSA) is 119 Å². The van der Waals surface area contributed by atoms with Gasteiger partial charge in [0.25, 0.3) is 0 Å². The van der Waals surface area contributed by atoms with Crippen molar-refractivity contribution in [2.75, 3.05) is 24.2 Å². The van der Waals surface area contributed by atoms with Crippen LogP contribution < -0.4 is 11.1 Å². The van der Waals surface area contributed by atoms with Crippen LogP contribution >= 0.6 is 0 Å². The molecular formula is C12H20N2O4. The van der Waals surface area contributed by atoms with Crippen molar-refractivity contribution >= 4 is 11.4 Å². The van der Waals surface area contributed by atoms with Gasteiger partial charge >= 0.3 is 0 Å². The molecule has 0 aliphatic rings. The normalized spacial score (nSPS) is 13.3. The summed E-state index contributed by atoms with van der Waals surface area (Å²) in [6.07, 6.45) is -1.38. The third-order valence-electron chi connectivity index (χ3n) is 2.54. The Hall–Kier alpha value is -1.34. The van der Waals surface area contributed by atoms with Crippen LogP contribution in [0.2, 0.25) is 0 Å². The van der Waals surface area contributed by atoms with Crippen molar-refractivity contribution in [2.24, 2.45) is 0 Å². The molecule has 0 amide bonds. The van der Waals surface area contributed by atoms with E-state index in [1.165, 1.54) is 0 Å². The van der Waals surface area contributed by atoms with Gasteiger partial charge in [0.1, 0.15) is 0 Å². The lowest BCUT2D eigenvalue weighted by molar-refractivity contribution is -0.185. The molecule has 1 atom stereocenters. The van der Waals surface area contributed by atoms with E-state index in [2.05, 4.69) is 5.32 Å². The highest BCUT2D eigenvalue weighted by molar-refractivity contribution is 5.51. The molecule has 6 nitrogen and oxygen atoms in total. The van der Waals surface area contributed by atoms with Crippen molar-refractivity contribution in [3.05, 3.63) is 24.3 Å². The summed E-state index contributed by atoms with van der Waals surface area (Å²) in [6.45, 7) is -0.163. The van der Waals surface area contributed by atoms with Gasteiger partial charge in [0.15, 0.2) is 5.79 Å². The number of hydrogen-bond acceptors (Lipinski definition) is 6. The zero-order valence-electron chi connectivity index (χ0n) is 10.1. The minimum absolute atomic E-state index is 0.0361. The number of nitrogens with one attached hydrogen (secondary N) is 1. The number of nitrogens with two attached hydrogens (primary N) is 1. The summed E-state index contributed by atoms with van der Waals surface area (Å²) in [5.74, 6) is -2.00. The van der Waals surface area contributed by atoms with Crippen LogP contribution in [0, 0.1) is 0 Å². The van der Waals surface area contributed by atoms with Gasteiger partial charge in [-0.15, -0.1) is 0 Å². The summed E-state index contributed by atoms with van der Waals surface area (Å²) >= 11 is 0. The van der Waals surface area contributed by atoms with E-state index in [0.29, 0.717) is 12.2 Å². The first-order valence-electron chi connectivity index (χ1n) is 5.76. The Kier molecular flexibility index (Phi) is 5.36. The lowest BCUT2D eigenvalue weighted by Gasteiger charge is -2.24. The molecule has 7 N–H and O–H groups in total. The number of benzene rings is 1. The molecule has 0 heterocycles. The molecule has 0 spiro atoms. The van der Waals surface area contributed by atoms with Gasteiger partial charge < -0.3 is 31.5 Å². The molecule has 0 aliphatic carbocycles. The Balaban J connectivity index is 2.34. The molecule has 6 heteroatoms. The Morgan fingerprint density at radius 1 is 1.22 bits per heavy atom. The molecule has 0 radical (unpaired) electrons. The van der Waals surface area contributed by atoms with Gasteiger partial charge in [-0.1, -0.05) is 0 Å². The van der Waals surface area contributed by atoms with Crippen molar-refractivity contribution in [3.8, 4) is 0 Å². The van der Waals surface area contributed by atoms with Crippen LogP contribution in [0.5, 0.6) is 0 Å². The third kappa shape index (κ3) is 5.33. The molecule has 0 bridgehead atoms. The van der Waals surface area contributed by atoms with Crippen LogP contribution in [-0.4, -0.2) is 45.5 Å². The van der Waals surface area contributed by atoms with E-state index in [1.807, 2.05) is 0 Å². The first kappa shape index (κ1) is 14.7. The maximum absolute atomic E-state index is 9.56. The summed E-state index contributed by atoms with van der Waals surface area (Å²) in [7, 11) is 0. The molecule has 102 valence electrons. The van der Waals surface area contributed by atoms with E-state index in [4.69, 9.17) is 15.9 Å². The summed E-state index contributed by atoms with van der Waals surface area (Å²) in [4.78, 5) is 0. The highest BCUT2D eigenvalue weighted by Gasteiger charge is 2.25. The van der Waals surface area contributed by atoms with Gasteiger partial charge in [-0.2, -0.15) is 0 Å². The molecule has 1 aromatic rings. The maximum atomic E-state index is 9.56. The largest absolute Gasteiger partial charge is 0.399 e. The first-order chi connectivity index (χ1) is 8.43. The maximum Gasteiger partial charge on any atom is 0.166 e. The third-order valence-corrected chi connectivity index (χ3v) is 2.54. The van der Waals surface area contributed by atoms with E-state index in [1.54, 1.807) is 24.3 Å². The minimum atomic E-state index is -2.00. The number of nitrogen functional groups attached to an aromatic ring is 1. The second kappa shape index (κ2) is 6.55. The molecule has 0 fully saturated rings. The van der Waals surface area contributed by atoms with Crippen LogP contribution in [0.15, 0.2) is 24.3 Å². The van der Waals surface area contributed by atoms with Crippen LogP contribution in [0.4, 0.5) is 11.4 Å². The second-order valence-electron chi connectivity index (χ2n) is 4.32. The smallest absolute Gasteiger partial charge is 0.166 e. The van der Waals surface area contributed by atoms with Crippen molar-refractivity contribution in [3.63, 3.8) is 0 Å². The van der Waals surface area contributed by atoms with Gasteiger partial charge in [-0.3, -0.25) is 0 Å². The van der Waals surface area contributed by atoms with E-state index in [-0.39, 0.29) is 12.8 Å². The highest BCUT2D eigenvalue weighted by atomic mass is 16.5. The Bertz CT molecular complexity index is 354. The van der Waals surface area contributed by atoms with Gasteiger partial charge in [-0.05, 0) is 24.3 Å². The highest BCUT2D eigenvalue weighted by Crippen LogP contribution is 2.15. The van der Waals surface area contributed by atoms with Crippen LogP contribution in [-0.2, 0) is 0 Å². The van der Waals surface area contributed by atoms with E-state index >= 15 is 0 Å². The molecule has 1 unspecified atom stereocenters. The van der Waals surface area contributed by atoms with Crippen LogP contribution in [0.25, 0.3) is 0 Å². The molecule has 18 heavy (non-hydrogen) atoms. The van der Waals surface area contributed by atoms with Gasteiger partial charge in [0.2, 0.25) is 0 Å². The number of aliphatic hydroxyl groups is 4. The number of aliphatic hydroxyl groups excluding tert-OH is 2. The molecule has 0 aliphatic heterocycles. The molecular weight excluding hydrogens is 236 g/mol. The predicted molar refractivity (Wildman–Crippen MR) is 68.8 cm³/mol. The van der Waals surface area contributed by atoms with E-state index in [0.717, 1.165) is 5.69 Å². The van der Waals surface area contributed by atoms with E-state index in [9.17, 15) is 10.2 Å². The summed E-state index contributed by atoms with van der Waals surface area (Å²) in [6, 6.07) is 7.05. The average Bonchev–Trinajstić information content (AvgIpc) is 2.31. The first-order valence-corrected chi connectivity index (χ1v) is 5.76. The van der Waals surface area contributed by atoms with Crippen LogP contribution in [0.1, 0.15) is 12.8 Å². The summed E-state index contributed by atoms with van der Waals surface area (Å²) in [5.41, 5.74) is 7.02. The van der Waals surface area contributed by atoms with Gasteiger partial charge in [-0.25, -0.2) is 0 Å². The zero-order chi connectivity index (χ0) is 13.6. The SMILES string of the molecule is Nc1ccc(NCCC(O)(O)CC(O)CO)cc1. The van der Waals surface area contributed by atoms with Crippen molar-refractivity contribution < 1.29 is 20.4 Å². The van der Waals surface area contributed by atoms with Crippen LogP contribution in [0.3, 0.4) is 0 Å². The number of hydrogen-bond donors (Lipinski definition) is 6. The quantitative estimate of drug-likeness (QED) is 0.289.